The number of carboxylic acids is 1. The fourth-order valence-corrected chi connectivity index (χ4v) is 2.85. The molecule has 0 saturated carbocycles. The zero-order valence-electron chi connectivity index (χ0n) is 16.5. The molecule has 12 nitrogen and oxygen atoms in total. The van der Waals surface area contributed by atoms with Gasteiger partial charge in [0.05, 0.1) is 0 Å². The molecule has 0 radical (unpaired) electrons. The number of nitrogens with zero attached hydrogens (tertiary/aromatic N) is 5. The maximum atomic E-state index is 13.1. The summed E-state index contributed by atoms with van der Waals surface area (Å²) in [4.78, 5) is 24.8. The standard InChI is InChI=1S/C14H15F2N7O3.C2HF3O2/c15-14(16)25-10-2-1-9(7-11(10)26-14)8-22-3-5-23(6-4-22)13(24)17-12-18-20-21-19-12;3-2(4,5)1(6)7/h1-2,7H,3-6,8H2,(H2,17,18,19,20,21,24);(H,6,7). The lowest BCUT2D eigenvalue weighted by Gasteiger charge is -2.34. The third-order valence-corrected chi connectivity index (χ3v) is 4.34. The normalized spacial score (nSPS) is 17.2. The van der Waals surface area contributed by atoms with Crippen LogP contribution in [0.2, 0.25) is 0 Å². The number of piperazine rings is 1. The lowest BCUT2D eigenvalue weighted by atomic mass is 10.1. The van der Waals surface area contributed by atoms with Gasteiger partial charge in [0.1, 0.15) is 0 Å². The van der Waals surface area contributed by atoms with E-state index in [1.807, 2.05) is 0 Å². The monoisotopic (exact) mass is 481 g/mol. The SMILES string of the molecule is O=C(Nc1nn[nH]n1)N1CCN(Cc2ccc3c(c2)OC(F)(F)O3)CC1.O=C(O)C(F)(F)F. The molecule has 4 rings (SSSR count). The Morgan fingerprint density at radius 3 is 2.36 bits per heavy atom. The van der Waals surface area contributed by atoms with E-state index in [2.05, 4.69) is 40.3 Å². The van der Waals surface area contributed by atoms with Crippen LogP contribution < -0.4 is 14.8 Å². The number of anilines is 1. The topological polar surface area (TPSA) is 146 Å². The van der Waals surface area contributed by atoms with Crippen molar-refractivity contribution in [2.75, 3.05) is 31.5 Å². The molecule has 1 saturated heterocycles. The van der Waals surface area contributed by atoms with E-state index in [4.69, 9.17) is 9.90 Å². The van der Waals surface area contributed by atoms with Crippen molar-refractivity contribution in [2.24, 2.45) is 0 Å². The highest BCUT2D eigenvalue weighted by atomic mass is 19.4. The average molecular weight is 481 g/mol. The number of amides is 2. The maximum absolute atomic E-state index is 13.1. The molecular weight excluding hydrogens is 465 g/mol. The molecule has 1 aromatic heterocycles. The molecule has 2 aromatic rings. The fraction of sp³-hybridized carbons (Fsp3) is 0.438. The first kappa shape index (κ1) is 23.9. The first-order chi connectivity index (χ1) is 15.4. The molecule has 33 heavy (non-hydrogen) atoms. The first-order valence-electron chi connectivity index (χ1n) is 9.13. The Hall–Kier alpha value is -3.76. The van der Waals surface area contributed by atoms with Crippen LogP contribution >= 0.6 is 0 Å². The Morgan fingerprint density at radius 1 is 1.15 bits per heavy atom. The largest absolute Gasteiger partial charge is 0.586 e. The van der Waals surface area contributed by atoms with Crippen LogP contribution in [0.4, 0.5) is 32.7 Å². The molecule has 2 aliphatic rings. The summed E-state index contributed by atoms with van der Waals surface area (Å²) < 4.78 is 66.7. The number of ether oxygens (including phenoxy) is 2. The van der Waals surface area contributed by atoms with Crippen LogP contribution in [0.3, 0.4) is 0 Å². The molecule has 3 heterocycles. The molecule has 0 bridgehead atoms. The highest BCUT2D eigenvalue weighted by Crippen LogP contribution is 2.41. The summed E-state index contributed by atoms with van der Waals surface area (Å²) >= 11 is 0. The van der Waals surface area contributed by atoms with E-state index in [1.54, 1.807) is 17.0 Å². The minimum atomic E-state index is -5.08. The van der Waals surface area contributed by atoms with Crippen molar-refractivity contribution in [3.8, 4) is 11.5 Å². The van der Waals surface area contributed by atoms with Crippen LogP contribution in [-0.4, -0.2) is 86.2 Å². The van der Waals surface area contributed by atoms with Crippen molar-refractivity contribution < 1.29 is 46.1 Å². The molecule has 2 aliphatic heterocycles. The number of carboxylic acid groups (broad SMARTS) is 1. The molecule has 180 valence electrons. The second-order valence-corrected chi connectivity index (χ2v) is 6.68. The lowest BCUT2D eigenvalue weighted by Crippen LogP contribution is -2.49. The lowest BCUT2D eigenvalue weighted by molar-refractivity contribution is -0.286. The number of H-pyrrole nitrogens is 1. The minimum absolute atomic E-state index is 0.0294. The third kappa shape index (κ3) is 6.61. The number of rotatable bonds is 3. The van der Waals surface area contributed by atoms with E-state index in [0.717, 1.165) is 5.56 Å². The number of tetrazole rings is 1. The number of hydrogen-bond donors (Lipinski definition) is 3. The summed E-state index contributed by atoms with van der Waals surface area (Å²) in [5, 5.41) is 22.6. The molecule has 3 N–H and O–H groups in total. The maximum Gasteiger partial charge on any atom is 0.586 e. The Kier molecular flexibility index (Phi) is 6.80. The van der Waals surface area contributed by atoms with Crippen LogP contribution in [0.5, 0.6) is 11.5 Å². The first-order valence-corrected chi connectivity index (χ1v) is 9.13. The van der Waals surface area contributed by atoms with Crippen LogP contribution in [0.1, 0.15) is 5.56 Å². The van der Waals surface area contributed by atoms with Gasteiger partial charge in [-0.25, -0.2) is 9.59 Å². The number of benzene rings is 1. The predicted molar refractivity (Wildman–Crippen MR) is 96.4 cm³/mol. The zero-order valence-corrected chi connectivity index (χ0v) is 16.5. The average Bonchev–Trinajstić information content (AvgIpc) is 3.33. The molecule has 2 amide bonds. The van der Waals surface area contributed by atoms with Gasteiger partial charge >= 0.3 is 24.5 Å². The number of carbonyl (C=O) groups is 2. The van der Waals surface area contributed by atoms with E-state index in [1.165, 1.54) is 6.07 Å². The van der Waals surface area contributed by atoms with Crippen molar-refractivity contribution >= 4 is 17.9 Å². The number of aliphatic carboxylic acids is 1. The number of nitrogens with one attached hydrogen (secondary N) is 2. The van der Waals surface area contributed by atoms with Crippen LogP contribution in [-0.2, 0) is 11.3 Å². The molecule has 0 spiro atoms. The zero-order chi connectivity index (χ0) is 24.2. The number of halogens is 5. The number of urea groups is 1. The molecule has 0 unspecified atom stereocenters. The van der Waals surface area contributed by atoms with E-state index in [9.17, 15) is 26.7 Å². The molecule has 0 atom stereocenters. The third-order valence-electron chi connectivity index (χ3n) is 4.34. The van der Waals surface area contributed by atoms with Gasteiger partial charge in [0.25, 0.3) is 5.95 Å². The summed E-state index contributed by atoms with van der Waals surface area (Å²) in [6.07, 6.45) is -8.70. The van der Waals surface area contributed by atoms with Gasteiger partial charge in [0.15, 0.2) is 11.5 Å². The van der Waals surface area contributed by atoms with Crippen molar-refractivity contribution in [3.05, 3.63) is 23.8 Å². The van der Waals surface area contributed by atoms with Gasteiger partial charge < -0.3 is 19.5 Å². The summed E-state index contributed by atoms with van der Waals surface area (Å²) in [6, 6.07) is 4.45. The van der Waals surface area contributed by atoms with E-state index < -0.39 is 18.4 Å². The Balaban J connectivity index is 0.000000383. The van der Waals surface area contributed by atoms with Gasteiger partial charge in [-0.05, 0) is 22.9 Å². The van der Waals surface area contributed by atoms with Gasteiger partial charge in [0.2, 0.25) is 0 Å². The second-order valence-electron chi connectivity index (χ2n) is 6.68. The van der Waals surface area contributed by atoms with Crippen molar-refractivity contribution in [2.45, 2.75) is 19.0 Å². The second kappa shape index (κ2) is 9.39. The van der Waals surface area contributed by atoms with Crippen molar-refractivity contribution in [1.82, 2.24) is 30.4 Å². The van der Waals surface area contributed by atoms with Gasteiger partial charge in [-0.15, -0.1) is 13.9 Å². The Bertz CT molecular complexity index is 981. The molecule has 17 heteroatoms. The van der Waals surface area contributed by atoms with E-state index in [-0.39, 0.29) is 23.5 Å². The van der Waals surface area contributed by atoms with Gasteiger partial charge in [-0.1, -0.05) is 11.2 Å². The minimum Gasteiger partial charge on any atom is -0.475 e. The molecule has 1 fully saturated rings. The molecular formula is C16H16F5N7O5. The van der Waals surface area contributed by atoms with Crippen molar-refractivity contribution in [3.63, 3.8) is 0 Å². The smallest absolute Gasteiger partial charge is 0.475 e. The Labute approximate surface area is 181 Å². The van der Waals surface area contributed by atoms with Crippen molar-refractivity contribution in [1.29, 1.82) is 0 Å². The predicted octanol–water partition coefficient (Wildman–Crippen LogP) is 1.50. The summed E-state index contributed by atoms with van der Waals surface area (Å²) in [6.45, 7) is 2.88. The fourth-order valence-electron chi connectivity index (χ4n) is 2.85. The highest BCUT2D eigenvalue weighted by Gasteiger charge is 2.43. The number of alkyl halides is 5. The summed E-state index contributed by atoms with van der Waals surface area (Å²) in [5.41, 5.74) is 0.828. The van der Waals surface area contributed by atoms with E-state index in [0.29, 0.717) is 32.7 Å². The number of hydrogen-bond acceptors (Lipinski definition) is 8. The van der Waals surface area contributed by atoms with Gasteiger partial charge in [-0.3, -0.25) is 10.2 Å². The number of fused-ring (bicyclic) bond motifs is 1. The number of aromatic amines is 1. The van der Waals surface area contributed by atoms with Gasteiger partial charge in [-0.2, -0.15) is 18.4 Å². The Morgan fingerprint density at radius 2 is 1.79 bits per heavy atom. The summed E-state index contributed by atoms with van der Waals surface area (Å²) in [7, 11) is 0. The van der Waals surface area contributed by atoms with Gasteiger partial charge in [0, 0.05) is 32.7 Å². The number of carbonyl (C=O) groups excluding carboxylic acids is 1. The molecule has 1 aromatic carbocycles. The van der Waals surface area contributed by atoms with Crippen LogP contribution in [0.15, 0.2) is 18.2 Å². The van der Waals surface area contributed by atoms with E-state index >= 15 is 0 Å². The van der Waals surface area contributed by atoms with Crippen LogP contribution in [0, 0.1) is 0 Å². The molecule has 0 aliphatic carbocycles. The van der Waals surface area contributed by atoms with Crippen LogP contribution in [0.25, 0.3) is 0 Å². The highest BCUT2D eigenvalue weighted by molar-refractivity contribution is 5.87. The summed E-state index contributed by atoms with van der Waals surface area (Å²) in [5.74, 6) is -2.57. The number of aromatic nitrogens is 4. The quantitative estimate of drug-likeness (QED) is 0.555.